The normalized spacial score (nSPS) is 16.8. The minimum absolute atomic E-state index is 0.00597. The van der Waals surface area contributed by atoms with Gasteiger partial charge in [-0.25, -0.2) is 9.97 Å². The summed E-state index contributed by atoms with van der Waals surface area (Å²) in [6, 6.07) is 11.0. The summed E-state index contributed by atoms with van der Waals surface area (Å²) < 4.78 is 0. The highest BCUT2D eigenvalue weighted by Crippen LogP contribution is 2.32. The van der Waals surface area contributed by atoms with Gasteiger partial charge < -0.3 is 10.0 Å². The topological polar surface area (TPSA) is 83.4 Å². The number of carboxylic acid groups (broad SMARTS) is 1. The second-order valence-electron chi connectivity index (χ2n) is 6.25. The average molecular weight is 339 g/mol. The van der Waals surface area contributed by atoms with Gasteiger partial charge in [0, 0.05) is 24.2 Å². The summed E-state index contributed by atoms with van der Waals surface area (Å²) in [5, 5.41) is 8.87. The van der Waals surface area contributed by atoms with Crippen LogP contribution < -0.4 is 0 Å². The van der Waals surface area contributed by atoms with Crippen molar-refractivity contribution < 1.29 is 14.7 Å². The number of carbonyl (C=O) groups excluding carboxylic acids is 1. The van der Waals surface area contributed by atoms with Gasteiger partial charge in [-0.1, -0.05) is 18.2 Å². The molecule has 1 N–H and O–H groups in total. The zero-order chi connectivity index (χ0) is 17.8. The van der Waals surface area contributed by atoms with E-state index < -0.39 is 5.97 Å². The molecule has 25 heavy (non-hydrogen) atoms. The maximum Gasteiger partial charge on any atom is 0.303 e. The fraction of sp³-hybridized carbons (Fsp3) is 0.368. The highest BCUT2D eigenvalue weighted by Gasteiger charge is 2.31. The molecule has 6 nitrogen and oxygen atoms in total. The first kappa shape index (κ1) is 17.1. The molecule has 0 radical (unpaired) electrons. The van der Waals surface area contributed by atoms with E-state index in [0.29, 0.717) is 30.0 Å². The Morgan fingerprint density at radius 2 is 2.00 bits per heavy atom. The fourth-order valence-electron chi connectivity index (χ4n) is 3.25. The molecule has 1 aliphatic rings. The molecule has 1 unspecified atom stereocenters. The van der Waals surface area contributed by atoms with Gasteiger partial charge in [0.25, 0.3) is 5.91 Å². The third kappa shape index (κ3) is 4.02. The molecule has 1 saturated heterocycles. The van der Waals surface area contributed by atoms with Gasteiger partial charge >= 0.3 is 5.97 Å². The third-order valence-electron chi connectivity index (χ3n) is 4.38. The molecule has 0 aliphatic carbocycles. The second kappa shape index (κ2) is 7.42. The molecule has 1 aromatic carbocycles. The molecule has 0 spiro atoms. The van der Waals surface area contributed by atoms with Gasteiger partial charge in [0.15, 0.2) is 0 Å². The van der Waals surface area contributed by atoms with Crippen LogP contribution in [0.15, 0.2) is 36.4 Å². The number of rotatable bonds is 5. The SMILES string of the molecule is Cc1nc(CCC(=O)O)cc(C2CCCN2C(=O)c2ccccc2)n1. The average Bonchev–Trinajstić information content (AvgIpc) is 3.09. The van der Waals surface area contributed by atoms with Gasteiger partial charge in [-0.05, 0) is 38.0 Å². The maximum absolute atomic E-state index is 12.8. The number of carboxylic acids is 1. The Bertz CT molecular complexity index is 777. The number of aromatic nitrogens is 2. The molecule has 2 heterocycles. The molecule has 0 saturated carbocycles. The highest BCUT2D eigenvalue weighted by atomic mass is 16.4. The van der Waals surface area contributed by atoms with Crippen molar-refractivity contribution in [3.8, 4) is 0 Å². The molecule has 1 amide bonds. The van der Waals surface area contributed by atoms with E-state index in [1.54, 1.807) is 6.92 Å². The molecule has 130 valence electrons. The number of amides is 1. The number of carbonyl (C=O) groups is 2. The van der Waals surface area contributed by atoms with E-state index in [1.807, 2.05) is 41.3 Å². The molecule has 2 aromatic rings. The van der Waals surface area contributed by atoms with Gasteiger partial charge in [0.1, 0.15) is 5.82 Å². The summed E-state index contributed by atoms with van der Waals surface area (Å²) in [6.45, 7) is 2.50. The summed E-state index contributed by atoms with van der Waals surface area (Å²) in [6.07, 6.45) is 2.18. The zero-order valence-electron chi connectivity index (χ0n) is 14.2. The van der Waals surface area contributed by atoms with Crippen molar-refractivity contribution in [2.24, 2.45) is 0 Å². The van der Waals surface area contributed by atoms with Crippen molar-refractivity contribution in [1.82, 2.24) is 14.9 Å². The van der Waals surface area contributed by atoms with Crippen molar-refractivity contribution in [1.29, 1.82) is 0 Å². The molecular weight excluding hydrogens is 318 g/mol. The van der Waals surface area contributed by atoms with Gasteiger partial charge in [0.2, 0.25) is 0 Å². The van der Waals surface area contributed by atoms with E-state index in [2.05, 4.69) is 9.97 Å². The predicted octanol–water partition coefficient (Wildman–Crippen LogP) is 2.78. The molecule has 1 fully saturated rings. The lowest BCUT2D eigenvalue weighted by atomic mass is 10.1. The summed E-state index contributed by atoms with van der Waals surface area (Å²) >= 11 is 0. The number of benzene rings is 1. The van der Waals surface area contributed by atoms with E-state index in [-0.39, 0.29) is 18.4 Å². The molecule has 1 atom stereocenters. The molecule has 1 aliphatic heterocycles. The monoisotopic (exact) mass is 339 g/mol. The maximum atomic E-state index is 12.8. The Morgan fingerprint density at radius 1 is 1.24 bits per heavy atom. The van der Waals surface area contributed by atoms with Crippen LogP contribution in [0.25, 0.3) is 0 Å². The van der Waals surface area contributed by atoms with Crippen LogP contribution in [-0.2, 0) is 11.2 Å². The summed E-state index contributed by atoms with van der Waals surface area (Å²) in [4.78, 5) is 34.3. The zero-order valence-corrected chi connectivity index (χ0v) is 14.2. The smallest absolute Gasteiger partial charge is 0.303 e. The van der Waals surface area contributed by atoms with Crippen molar-refractivity contribution in [3.63, 3.8) is 0 Å². The van der Waals surface area contributed by atoms with Crippen LogP contribution >= 0.6 is 0 Å². The summed E-state index contributed by atoms with van der Waals surface area (Å²) in [5.74, 6) is -0.233. The largest absolute Gasteiger partial charge is 0.481 e. The fourth-order valence-corrected chi connectivity index (χ4v) is 3.25. The van der Waals surface area contributed by atoms with Crippen LogP contribution in [0.5, 0.6) is 0 Å². The summed E-state index contributed by atoms with van der Waals surface area (Å²) in [5.41, 5.74) is 2.19. The van der Waals surface area contributed by atoms with E-state index in [9.17, 15) is 9.59 Å². The third-order valence-corrected chi connectivity index (χ3v) is 4.38. The Hall–Kier alpha value is -2.76. The van der Waals surface area contributed by atoms with Crippen LogP contribution in [-0.4, -0.2) is 38.4 Å². The van der Waals surface area contributed by atoms with Gasteiger partial charge in [-0.2, -0.15) is 0 Å². The van der Waals surface area contributed by atoms with E-state index >= 15 is 0 Å². The Morgan fingerprint density at radius 3 is 2.72 bits per heavy atom. The second-order valence-corrected chi connectivity index (χ2v) is 6.25. The van der Waals surface area contributed by atoms with Gasteiger partial charge in [0.05, 0.1) is 18.2 Å². The Labute approximate surface area is 146 Å². The lowest BCUT2D eigenvalue weighted by molar-refractivity contribution is -0.136. The standard InChI is InChI=1S/C19H21N3O3/c1-13-20-15(9-10-18(23)24)12-16(21-13)17-8-5-11-22(17)19(25)14-6-3-2-4-7-14/h2-4,6-7,12,17H,5,8-11H2,1H3,(H,23,24). The first-order chi connectivity index (χ1) is 12.0. The molecule has 6 heteroatoms. The first-order valence-corrected chi connectivity index (χ1v) is 8.47. The van der Waals surface area contributed by atoms with Gasteiger partial charge in [-0.15, -0.1) is 0 Å². The Balaban J connectivity index is 1.84. The van der Waals surface area contributed by atoms with Gasteiger partial charge in [-0.3, -0.25) is 9.59 Å². The number of aryl methyl sites for hydroxylation is 2. The van der Waals surface area contributed by atoms with Crippen molar-refractivity contribution in [2.75, 3.05) is 6.54 Å². The van der Waals surface area contributed by atoms with E-state index in [4.69, 9.17) is 5.11 Å². The van der Waals surface area contributed by atoms with Crippen molar-refractivity contribution in [3.05, 3.63) is 59.2 Å². The number of hydrogen-bond donors (Lipinski definition) is 1. The minimum Gasteiger partial charge on any atom is -0.481 e. The predicted molar refractivity (Wildman–Crippen MR) is 92.2 cm³/mol. The molecule has 1 aromatic heterocycles. The number of aliphatic carboxylic acids is 1. The quantitative estimate of drug-likeness (QED) is 0.905. The molecular formula is C19H21N3O3. The highest BCUT2D eigenvalue weighted by molar-refractivity contribution is 5.94. The van der Waals surface area contributed by atoms with Crippen LogP contribution in [0, 0.1) is 6.92 Å². The minimum atomic E-state index is -0.848. The Kier molecular flexibility index (Phi) is 5.07. The van der Waals surface area contributed by atoms with Crippen LogP contribution in [0.4, 0.5) is 0 Å². The van der Waals surface area contributed by atoms with E-state index in [0.717, 1.165) is 18.5 Å². The van der Waals surface area contributed by atoms with Crippen LogP contribution in [0.1, 0.15) is 52.9 Å². The molecule has 3 rings (SSSR count). The number of hydrogen-bond acceptors (Lipinski definition) is 4. The van der Waals surface area contributed by atoms with Crippen molar-refractivity contribution >= 4 is 11.9 Å². The number of nitrogens with zero attached hydrogens (tertiary/aromatic N) is 3. The molecule has 0 bridgehead atoms. The van der Waals surface area contributed by atoms with Crippen molar-refractivity contribution in [2.45, 2.75) is 38.6 Å². The lowest BCUT2D eigenvalue weighted by Crippen LogP contribution is -2.31. The lowest BCUT2D eigenvalue weighted by Gasteiger charge is -2.25. The number of likely N-dealkylation sites (tertiary alicyclic amines) is 1. The van der Waals surface area contributed by atoms with Crippen LogP contribution in [0.3, 0.4) is 0 Å². The summed E-state index contributed by atoms with van der Waals surface area (Å²) in [7, 11) is 0. The van der Waals surface area contributed by atoms with E-state index in [1.165, 1.54) is 0 Å². The van der Waals surface area contributed by atoms with Crippen LogP contribution in [0.2, 0.25) is 0 Å². The first-order valence-electron chi connectivity index (χ1n) is 8.47.